The number of hydrogen-bond acceptors (Lipinski definition) is 2. The van der Waals surface area contributed by atoms with Crippen molar-refractivity contribution < 1.29 is 0 Å². The number of nitrogens with one attached hydrogen (secondary N) is 1. The van der Waals surface area contributed by atoms with Crippen molar-refractivity contribution in [3.05, 3.63) is 10.7 Å². The van der Waals surface area contributed by atoms with Gasteiger partial charge in [-0.15, -0.1) is 0 Å². The molecule has 0 aromatic heterocycles. The zero-order valence-electron chi connectivity index (χ0n) is 5.81. The second-order valence-corrected chi connectivity index (χ2v) is 3.92. The first-order valence-electron chi connectivity index (χ1n) is 3.74. The third kappa shape index (κ3) is 1.08. The van der Waals surface area contributed by atoms with Crippen LogP contribution in [0.4, 0.5) is 0 Å². The first-order valence-corrected chi connectivity index (χ1v) is 4.53. The lowest BCUT2D eigenvalue weighted by Crippen LogP contribution is -2.42. The summed E-state index contributed by atoms with van der Waals surface area (Å²) >= 11 is 3.46. The molecule has 0 saturated heterocycles. The Morgan fingerprint density at radius 3 is 2.80 bits per heavy atom. The van der Waals surface area contributed by atoms with Crippen LogP contribution in [-0.2, 0) is 0 Å². The van der Waals surface area contributed by atoms with Crippen LogP contribution >= 0.6 is 15.9 Å². The van der Waals surface area contributed by atoms with Gasteiger partial charge in [0.1, 0.15) is 0 Å². The van der Waals surface area contributed by atoms with Crippen LogP contribution in [0.2, 0.25) is 0 Å². The van der Waals surface area contributed by atoms with Gasteiger partial charge in [0.2, 0.25) is 0 Å². The maximum atomic E-state index is 3.46. The molecule has 1 saturated carbocycles. The van der Waals surface area contributed by atoms with Crippen LogP contribution in [0.15, 0.2) is 10.7 Å². The molecule has 0 spiro atoms. The van der Waals surface area contributed by atoms with Gasteiger partial charge in [0, 0.05) is 23.3 Å². The fourth-order valence-electron chi connectivity index (χ4n) is 1.31. The van der Waals surface area contributed by atoms with Crippen molar-refractivity contribution >= 4 is 15.9 Å². The van der Waals surface area contributed by atoms with E-state index in [1.807, 2.05) is 0 Å². The summed E-state index contributed by atoms with van der Waals surface area (Å²) in [6, 6.07) is 0.773. The first kappa shape index (κ1) is 6.68. The summed E-state index contributed by atoms with van der Waals surface area (Å²) in [5.41, 5.74) is 3.30. The van der Waals surface area contributed by atoms with E-state index in [2.05, 4.69) is 32.6 Å². The Morgan fingerprint density at radius 1 is 1.60 bits per heavy atom. The van der Waals surface area contributed by atoms with Crippen molar-refractivity contribution in [2.24, 2.45) is 0 Å². The quantitative estimate of drug-likeness (QED) is 0.696. The fourth-order valence-corrected chi connectivity index (χ4v) is 1.65. The van der Waals surface area contributed by atoms with Gasteiger partial charge in [0.15, 0.2) is 0 Å². The molecule has 56 valence electrons. The summed E-state index contributed by atoms with van der Waals surface area (Å²) in [7, 11) is 0. The number of halogens is 1. The largest absolute Gasteiger partial charge is 0.311 e. The fraction of sp³-hybridized carbons (Fsp3) is 0.714. The van der Waals surface area contributed by atoms with E-state index in [4.69, 9.17) is 0 Å². The van der Waals surface area contributed by atoms with Gasteiger partial charge in [0.05, 0.1) is 0 Å². The van der Waals surface area contributed by atoms with E-state index in [0.29, 0.717) is 0 Å². The lowest BCUT2D eigenvalue weighted by molar-refractivity contribution is 0.145. The Kier molecular flexibility index (Phi) is 1.70. The van der Waals surface area contributed by atoms with Crippen molar-refractivity contribution in [3.63, 3.8) is 0 Å². The van der Waals surface area contributed by atoms with E-state index >= 15 is 0 Å². The Balaban J connectivity index is 1.94. The summed E-state index contributed by atoms with van der Waals surface area (Å²) in [6.07, 6.45) is 6.26. The van der Waals surface area contributed by atoms with Crippen LogP contribution in [0, 0.1) is 0 Å². The van der Waals surface area contributed by atoms with Crippen LogP contribution in [0.5, 0.6) is 0 Å². The molecule has 0 aromatic carbocycles. The lowest BCUT2D eigenvalue weighted by Gasteiger charge is -2.34. The van der Waals surface area contributed by atoms with E-state index in [-0.39, 0.29) is 0 Å². The average molecular weight is 203 g/mol. The molecule has 1 heterocycles. The first-order chi connectivity index (χ1) is 4.86. The second kappa shape index (κ2) is 2.55. The Morgan fingerprint density at radius 2 is 2.40 bits per heavy atom. The van der Waals surface area contributed by atoms with E-state index < -0.39 is 0 Å². The highest BCUT2D eigenvalue weighted by molar-refractivity contribution is 9.11. The lowest BCUT2D eigenvalue weighted by atomic mass is 9.93. The SMILES string of the molecule is BrC1=CN(C2CCC2)NC1. The summed E-state index contributed by atoms with van der Waals surface area (Å²) in [6.45, 7) is 0.969. The van der Waals surface area contributed by atoms with Crippen LogP contribution in [0.3, 0.4) is 0 Å². The van der Waals surface area contributed by atoms with E-state index in [1.165, 1.54) is 23.7 Å². The maximum absolute atomic E-state index is 3.46. The van der Waals surface area contributed by atoms with Gasteiger partial charge in [-0.25, -0.2) is 5.43 Å². The van der Waals surface area contributed by atoms with E-state index in [9.17, 15) is 0 Å². The van der Waals surface area contributed by atoms with Crippen molar-refractivity contribution in [1.82, 2.24) is 10.4 Å². The molecule has 2 rings (SSSR count). The predicted octanol–water partition coefficient (Wildman–Crippen LogP) is 1.60. The zero-order valence-corrected chi connectivity index (χ0v) is 7.39. The zero-order chi connectivity index (χ0) is 6.97. The summed E-state index contributed by atoms with van der Waals surface area (Å²) in [5, 5.41) is 2.23. The molecule has 10 heavy (non-hydrogen) atoms. The monoisotopic (exact) mass is 202 g/mol. The van der Waals surface area contributed by atoms with Gasteiger partial charge in [-0.05, 0) is 19.3 Å². The van der Waals surface area contributed by atoms with Gasteiger partial charge in [-0.3, -0.25) is 0 Å². The van der Waals surface area contributed by atoms with Crippen LogP contribution in [0.1, 0.15) is 19.3 Å². The molecule has 0 amide bonds. The van der Waals surface area contributed by atoms with Crippen molar-refractivity contribution in [1.29, 1.82) is 0 Å². The summed E-state index contributed by atoms with van der Waals surface area (Å²) < 4.78 is 1.26. The van der Waals surface area contributed by atoms with Crippen molar-refractivity contribution in [2.75, 3.05) is 6.54 Å². The number of hydrogen-bond donors (Lipinski definition) is 1. The molecule has 2 aliphatic rings. The molecule has 1 N–H and O–H groups in total. The van der Waals surface area contributed by atoms with Gasteiger partial charge in [-0.2, -0.15) is 0 Å². The molecule has 0 unspecified atom stereocenters. The van der Waals surface area contributed by atoms with Crippen LogP contribution < -0.4 is 5.43 Å². The molecule has 2 nitrogen and oxygen atoms in total. The molecule has 0 aromatic rings. The smallest absolute Gasteiger partial charge is 0.0482 e. The molecule has 1 aliphatic heterocycles. The van der Waals surface area contributed by atoms with Gasteiger partial charge in [0.25, 0.3) is 0 Å². The standard InChI is InChI=1S/C7H11BrN2/c8-6-4-9-10(5-6)7-2-1-3-7/h5,7,9H,1-4H2. The highest BCUT2D eigenvalue weighted by Gasteiger charge is 2.25. The molecule has 0 radical (unpaired) electrons. The molecule has 3 heteroatoms. The summed E-state index contributed by atoms with van der Waals surface area (Å²) in [5.74, 6) is 0. The Bertz CT molecular complexity index is 163. The molecule has 1 fully saturated rings. The van der Waals surface area contributed by atoms with Crippen LogP contribution in [0.25, 0.3) is 0 Å². The van der Waals surface area contributed by atoms with E-state index in [0.717, 1.165) is 12.6 Å². The van der Waals surface area contributed by atoms with Gasteiger partial charge < -0.3 is 5.01 Å². The minimum Gasteiger partial charge on any atom is -0.311 e. The van der Waals surface area contributed by atoms with Crippen molar-refractivity contribution in [3.8, 4) is 0 Å². The maximum Gasteiger partial charge on any atom is 0.0482 e. The third-order valence-electron chi connectivity index (χ3n) is 2.18. The second-order valence-electron chi connectivity index (χ2n) is 2.90. The molecular weight excluding hydrogens is 192 g/mol. The van der Waals surface area contributed by atoms with Crippen molar-refractivity contribution in [2.45, 2.75) is 25.3 Å². The Hall–Kier alpha value is -0.0200. The highest BCUT2D eigenvalue weighted by atomic mass is 79.9. The van der Waals surface area contributed by atoms with E-state index in [1.54, 1.807) is 0 Å². The molecule has 0 atom stereocenters. The van der Waals surface area contributed by atoms with Gasteiger partial charge >= 0.3 is 0 Å². The third-order valence-corrected chi connectivity index (χ3v) is 2.66. The normalized spacial score (nSPS) is 26.5. The summed E-state index contributed by atoms with van der Waals surface area (Å²) in [4.78, 5) is 0. The highest BCUT2D eigenvalue weighted by Crippen LogP contribution is 2.26. The number of rotatable bonds is 1. The molecule has 0 bridgehead atoms. The number of hydrazine groups is 1. The average Bonchev–Trinajstić information content (AvgIpc) is 2.10. The minimum absolute atomic E-state index is 0.773. The Labute approximate surface area is 69.4 Å². The molecular formula is C7H11BrN2. The van der Waals surface area contributed by atoms with Gasteiger partial charge in [-0.1, -0.05) is 15.9 Å². The van der Waals surface area contributed by atoms with Crippen LogP contribution in [-0.4, -0.2) is 17.6 Å². The minimum atomic E-state index is 0.773. The topological polar surface area (TPSA) is 15.3 Å². The number of nitrogens with zero attached hydrogens (tertiary/aromatic N) is 1. The predicted molar refractivity (Wildman–Crippen MR) is 44.5 cm³/mol. The molecule has 1 aliphatic carbocycles.